The van der Waals surface area contributed by atoms with Gasteiger partial charge >= 0.3 is 0 Å². The zero-order valence-electron chi connectivity index (χ0n) is 18.0. The van der Waals surface area contributed by atoms with Gasteiger partial charge in [-0.05, 0) is 41.3 Å². The van der Waals surface area contributed by atoms with Crippen molar-refractivity contribution in [3.63, 3.8) is 0 Å². The van der Waals surface area contributed by atoms with Crippen molar-refractivity contribution in [2.45, 2.75) is 12.5 Å². The van der Waals surface area contributed by atoms with E-state index in [9.17, 15) is 5.11 Å². The van der Waals surface area contributed by atoms with E-state index in [1.165, 1.54) is 0 Å². The van der Waals surface area contributed by atoms with Crippen molar-refractivity contribution in [3.8, 4) is 17.2 Å². The van der Waals surface area contributed by atoms with Gasteiger partial charge in [-0.15, -0.1) is 0 Å². The third kappa shape index (κ3) is 3.42. The van der Waals surface area contributed by atoms with Crippen LogP contribution < -0.4 is 14.5 Å². The number of para-hydroxylation sites is 1. The van der Waals surface area contributed by atoms with E-state index < -0.39 is 0 Å². The molecule has 0 aromatic heterocycles. The SMILES string of the molecule is COc1ccc(C2=NN(c3ccccc3)C(c3ccc(OC)c4ccccc34)C2)c(O)c1. The third-order valence-corrected chi connectivity index (χ3v) is 5.94. The molecule has 1 atom stereocenters. The summed E-state index contributed by atoms with van der Waals surface area (Å²) in [5, 5.41) is 19.9. The average molecular weight is 425 g/mol. The van der Waals surface area contributed by atoms with Crippen LogP contribution >= 0.6 is 0 Å². The molecule has 4 aromatic rings. The quantitative estimate of drug-likeness (QED) is 0.432. The van der Waals surface area contributed by atoms with Crippen molar-refractivity contribution in [3.05, 3.63) is 96.1 Å². The lowest BCUT2D eigenvalue weighted by atomic mass is 9.93. The van der Waals surface area contributed by atoms with Gasteiger partial charge in [0.05, 0.1) is 31.7 Å². The lowest BCUT2D eigenvalue weighted by Gasteiger charge is -2.25. The Hall–Kier alpha value is -3.99. The number of phenolic OH excluding ortho intramolecular Hbond substituents is 1. The Bertz CT molecular complexity index is 1300. The normalized spacial score (nSPS) is 15.6. The second kappa shape index (κ2) is 8.27. The van der Waals surface area contributed by atoms with E-state index in [1.54, 1.807) is 20.3 Å². The summed E-state index contributed by atoms with van der Waals surface area (Å²) < 4.78 is 10.8. The molecule has 0 saturated carbocycles. The topological polar surface area (TPSA) is 54.3 Å². The first-order valence-corrected chi connectivity index (χ1v) is 10.5. The van der Waals surface area contributed by atoms with E-state index in [0.717, 1.165) is 33.5 Å². The average Bonchev–Trinajstić information content (AvgIpc) is 3.28. The number of benzene rings is 4. The molecule has 32 heavy (non-hydrogen) atoms. The number of ether oxygens (including phenoxy) is 2. The summed E-state index contributed by atoms with van der Waals surface area (Å²) in [5.74, 6) is 1.63. The molecular weight excluding hydrogens is 400 g/mol. The Labute approximate surface area is 187 Å². The summed E-state index contributed by atoms with van der Waals surface area (Å²) in [6.45, 7) is 0. The van der Waals surface area contributed by atoms with Crippen LogP contribution in [0, 0.1) is 0 Å². The van der Waals surface area contributed by atoms with Gasteiger partial charge in [0.25, 0.3) is 0 Å². The third-order valence-electron chi connectivity index (χ3n) is 5.94. The first-order valence-electron chi connectivity index (χ1n) is 10.5. The van der Waals surface area contributed by atoms with Crippen LogP contribution in [0.5, 0.6) is 17.2 Å². The zero-order chi connectivity index (χ0) is 22.1. The summed E-state index contributed by atoms with van der Waals surface area (Å²) in [4.78, 5) is 0. The van der Waals surface area contributed by atoms with Gasteiger partial charge in [-0.3, -0.25) is 5.01 Å². The fourth-order valence-electron chi connectivity index (χ4n) is 4.38. The first kappa shape index (κ1) is 19.9. The van der Waals surface area contributed by atoms with Crippen molar-refractivity contribution in [2.24, 2.45) is 5.10 Å². The van der Waals surface area contributed by atoms with Crippen LogP contribution in [0.25, 0.3) is 10.8 Å². The molecule has 1 aliphatic heterocycles. The Morgan fingerprint density at radius 2 is 1.59 bits per heavy atom. The molecule has 160 valence electrons. The summed E-state index contributed by atoms with van der Waals surface area (Å²) in [7, 11) is 3.28. The van der Waals surface area contributed by atoms with Crippen LogP contribution in [0.1, 0.15) is 23.6 Å². The second-order valence-corrected chi connectivity index (χ2v) is 7.73. The van der Waals surface area contributed by atoms with Crippen molar-refractivity contribution in [1.29, 1.82) is 0 Å². The Morgan fingerprint density at radius 3 is 2.31 bits per heavy atom. The predicted octanol–water partition coefficient (Wildman–Crippen LogP) is 5.92. The van der Waals surface area contributed by atoms with Gasteiger partial charge in [0, 0.05) is 23.4 Å². The highest BCUT2D eigenvalue weighted by molar-refractivity contribution is 6.06. The maximum Gasteiger partial charge on any atom is 0.128 e. The molecule has 0 spiro atoms. The Kier molecular flexibility index (Phi) is 5.15. The largest absolute Gasteiger partial charge is 0.507 e. The standard InChI is InChI=1S/C27H24N2O3/c1-31-19-12-13-23(26(30)16-19)24-17-25(29(28-24)18-8-4-3-5-9-18)21-14-15-27(32-2)22-11-7-6-10-20(21)22/h3-16,25,30H,17H2,1-2H3. The summed E-state index contributed by atoms with van der Waals surface area (Å²) in [6, 6.07) is 27.9. The number of anilines is 1. The molecule has 0 saturated heterocycles. The van der Waals surface area contributed by atoms with Crippen LogP contribution in [-0.4, -0.2) is 25.0 Å². The first-order chi connectivity index (χ1) is 15.7. The second-order valence-electron chi connectivity index (χ2n) is 7.73. The number of methoxy groups -OCH3 is 2. The molecule has 4 aromatic carbocycles. The van der Waals surface area contributed by atoms with Crippen LogP contribution in [0.4, 0.5) is 5.69 Å². The molecule has 0 bridgehead atoms. The highest BCUT2D eigenvalue weighted by Crippen LogP contribution is 2.42. The smallest absolute Gasteiger partial charge is 0.128 e. The van der Waals surface area contributed by atoms with Crippen LogP contribution in [0.2, 0.25) is 0 Å². The van der Waals surface area contributed by atoms with E-state index in [1.807, 2.05) is 53.5 Å². The number of aromatic hydroxyl groups is 1. The molecule has 5 nitrogen and oxygen atoms in total. The van der Waals surface area contributed by atoms with E-state index in [-0.39, 0.29) is 11.8 Å². The van der Waals surface area contributed by atoms with Gasteiger partial charge in [-0.1, -0.05) is 48.5 Å². The highest BCUT2D eigenvalue weighted by Gasteiger charge is 2.32. The molecule has 0 fully saturated rings. The van der Waals surface area contributed by atoms with Gasteiger partial charge in [0.2, 0.25) is 0 Å². The van der Waals surface area contributed by atoms with Gasteiger partial charge in [-0.25, -0.2) is 0 Å². The van der Waals surface area contributed by atoms with Crippen molar-refractivity contribution in [2.75, 3.05) is 19.2 Å². The monoisotopic (exact) mass is 424 g/mol. The molecule has 1 N–H and O–H groups in total. The van der Waals surface area contributed by atoms with Crippen molar-refractivity contribution < 1.29 is 14.6 Å². The molecule has 1 heterocycles. The van der Waals surface area contributed by atoms with Crippen LogP contribution in [0.3, 0.4) is 0 Å². The van der Waals surface area contributed by atoms with Crippen LogP contribution in [-0.2, 0) is 0 Å². The summed E-state index contributed by atoms with van der Waals surface area (Å²) in [6.07, 6.45) is 0.658. The van der Waals surface area contributed by atoms with Gasteiger partial charge in [0.15, 0.2) is 0 Å². The van der Waals surface area contributed by atoms with Crippen molar-refractivity contribution >= 4 is 22.2 Å². The molecule has 0 radical (unpaired) electrons. The minimum atomic E-state index is -0.0234. The number of phenols is 1. The molecule has 0 amide bonds. The number of hydrogen-bond donors (Lipinski definition) is 1. The number of hydrogen-bond acceptors (Lipinski definition) is 5. The van der Waals surface area contributed by atoms with E-state index in [0.29, 0.717) is 17.7 Å². The fraction of sp³-hybridized carbons (Fsp3) is 0.148. The Morgan fingerprint density at radius 1 is 0.844 bits per heavy atom. The van der Waals surface area contributed by atoms with Gasteiger partial charge in [0.1, 0.15) is 17.2 Å². The molecule has 0 aliphatic carbocycles. The molecular formula is C27H24N2O3. The molecule has 5 heteroatoms. The maximum atomic E-state index is 10.6. The van der Waals surface area contributed by atoms with E-state index >= 15 is 0 Å². The molecule has 1 unspecified atom stereocenters. The zero-order valence-corrected chi connectivity index (χ0v) is 18.0. The van der Waals surface area contributed by atoms with Gasteiger partial charge in [-0.2, -0.15) is 5.10 Å². The Balaban J connectivity index is 1.64. The van der Waals surface area contributed by atoms with E-state index in [4.69, 9.17) is 14.6 Å². The minimum Gasteiger partial charge on any atom is -0.507 e. The number of hydrazone groups is 1. The highest BCUT2D eigenvalue weighted by atomic mass is 16.5. The predicted molar refractivity (Wildman–Crippen MR) is 128 cm³/mol. The number of nitrogens with zero attached hydrogens (tertiary/aromatic N) is 2. The minimum absolute atomic E-state index is 0.0234. The summed E-state index contributed by atoms with van der Waals surface area (Å²) in [5.41, 5.74) is 3.71. The van der Waals surface area contributed by atoms with E-state index in [2.05, 4.69) is 30.3 Å². The van der Waals surface area contributed by atoms with Gasteiger partial charge < -0.3 is 14.6 Å². The van der Waals surface area contributed by atoms with Crippen molar-refractivity contribution in [1.82, 2.24) is 0 Å². The summed E-state index contributed by atoms with van der Waals surface area (Å²) >= 11 is 0. The molecule has 1 aliphatic rings. The fourth-order valence-corrected chi connectivity index (χ4v) is 4.38. The number of rotatable bonds is 5. The molecule has 5 rings (SSSR count). The van der Waals surface area contributed by atoms with Crippen LogP contribution in [0.15, 0.2) is 90.0 Å². The number of fused-ring (bicyclic) bond motifs is 1. The lowest BCUT2D eigenvalue weighted by Crippen LogP contribution is -2.18. The maximum absolute atomic E-state index is 10.6. The lowest BCUT2D eigenvalue weighted by molar-refractivity contribution is 0.407.